The molecule has 0 spiro atoms. The van der Waals surface area contributed by atoms with E-state index in [0.29, 0.717) is 12.5 Å². The Morgan fingerprint density at radius 3 is 2.91 bits per heavy atom. The van der Waals surface area contributed by atoms with Crippen LogP contribution >= 0.6 is 0 Å². The molecule has 4 rings (SSSR count). The number of fused-ring (bicyclic) bond motifs is 1. The van der Waals surface area contributed by atoms with Crippen molar-refractivity contribution in [1.82, 2.24) is 24.3 Å². The van der Waals surface area contributed by atoms with E-state index in [1.807, 2.05) is 7.05 Å². The predicted molar refractivity (Wildman–Crippen MR) is 87.4 cm³/mol. The molecular formula is C16H18N6O. The van der Waals surface area contributed by atoms with E-state index in [1.165, 1.54) is 10.4 Å². The second-order valence-electron chi connectivity index (χ2n) is 6.09. The second-order valence-corrected chi connectivity index (χ2v) is 6.09. The highest BCUT2D eigenvalue weighted by Crippen LogP contribution is 2.30. The summed E-state index contributed by atoms with van der Waals surface area (Å²) < 4.78 is 3.66. The molecule has 4 heterocycles. The van der Waals surface area contributed by atoms with Gasteiger partial charge in [0.25, 0.3) is 5.56 Å². The van der Waals surface area contributed by atoms with Crippen molar-refractivity contribution in [3.63, 3.8) is 0 Å². The molecule has 0 atom stereocenters. The van der Waals surface area contributed by atoms with Gasteiger partial charge in [0.15, 0.2) is 5.82 Å². The molecule has 1 aliphatic heterocycles. The average Bonchev–Trinajstić information content (AvgIpc) is 2.79. The summed E-state index contributed by atoms with van der Waals surface area (Å²) in [6.45, 7) is 4.47. The highest BCUT2D eigenvalue weighted by molar-refractivity contribution is 5.87. The van der Waals surface area contributed by atoms with Gasteiger partial charge in [0.05, 0.1) is 12.1 Å². The summed E-state index contributed by atoms with van der Waals surface area (Å²) in [6.07, 6.45) is 3.27. The number of rotatable bonds is 3. The lowest BCUT2D eigenvalue weighted by Gasteiger charge is -2.40. The first-order valence-corrected chi connectivity index (χ1v) is 7.67. The van der Waals surface area contributed by atoms with E-state index in [-0.39, 0.29) is 5.56 Å². The van der Waals surface area contributed by atoms with Crippen LogP contribution in [-0.4, -0.2) is 37.4 Å². The van der Waals surface area contributed by atoms with Crippen LogP contribution in [0.25, 0.3) is 11.0 Å². The lowest BCUT2D eigenvalue weighted by atomic mass is 10.00. The van der Waals surface area contributed by atoms with Crippen molar-refractivity contribution in [2.75, 3.05) is 18.0 Å². The summed E-state index contributed by atoms with van der Waals surface area (Å²) in [5.74, 6) is 1.38. The molecule has 3 aromatic rings. The van der Waals surface area contributed by atoms with Crippen molar-refractivity contribution < 1.29 is 0 Å². The van der Waals surface area contributed by atoms with Gasteiger partial charge in [-0.2, -0.15) is 5.10 Å². The molecule has 0 aromatic carbocycles. The zero-order chi connectivity index (χ0) is 16.0. The Kier molecular flexibility index (Phi) is 3.14. The van der Waals surface area contributed by atoms with E-state index in [9.17, 15) is 4.79 Å². The minimum atomic E-state index is -0.0477. The molecule has 0 unspecified atom stereocenters. The van der Waals surface area contributed by atoms with Gasteiger partial charge in [-0.3, -0.25) is 4.79 Å². The van der Waals surface area contributed by atoms with E-state index < -0.39 is 0 Å². The van der Waals surface area contributed by atoms with Crippen LogP contribution in [0.15, 0.2) is 35.5 Å². The van der Waals surface area contributed by atoms with Gasteiger partial charge in [-0.05, 0) is 19.1 Å². The van der Waals surface area contributed by atoms with Crippen molar-refractivity contribution in [2.45, 2.75) is 13.5 Å². The number of anilines is 1. The summed E-state index contributed by atoms with van der Waals surface area (Å²) >= 11 is 0. The van der Waals surface area contributed by atoms with Crippen LogP contribution in [0.1, 0.15) is 5.69 Å². The van der Waals surface area contributed by atoms with Gasteiger partial charge in [0.1, 0.15) is 11.8 Å². The van der Waals surface area contributed by atoms with Gasteiger partial charge in [-0.1, -0.05) is 0 Å². The maximum absolute atomic E-state index is 11.7. The van der Waals surface area contributed by atoms with E-state index in [1.54, 1.807) is 24.7 Å². The van der Waals surface area contributed by atoms with Gasteiger partial charge in [0, 0.05) is 44.0 Å². The van der Waals surface area contributed by atoms with Gasteiger partial charge < -0.3 is 9.47 Å². The summed E-state index contributed by atoms with van der Waals surface area (Å²) in [7, 11) is 2.04. The molecule has 1 aliphatic rings. The van der Waals surface area contributed by atoms with Crippen LogP contribution in [0.3, 0.4) is 0 Å². The Labute approximate surface area is 133 Å². The first kappa shape index (κ1) is 13.9. The largest absolute Gasteiger partial charge is 0.354 e. The highest BCUT2D eigenvalue weighted by Gasteiger charge is 2.30. The van der Waals surface area contributed by atoms with Gasteiger partial charge >= 0.3 is 0 Å². The average molecular weight is 310 g/mol. The number of aromatic nitrogens is 5. The quantitative estimate of drug-likeness (QED) is 0.721. The molecule has 1 saturated heterocycles. The van der Waals surface area contributed by atoms with Crippen LogP contribution in [0, 0.1) is 12.8 Å². The first-order valence-electron chi connectivity index (χ1n) is 7.67. The van der Waals surface area contributed by atoms with Crippen LogP contribution in [-0.2, 0) is 13.6 Å². The molecule has 0 amide bonds. The number of hydrogen-bond donors (Lipinski definition) is 0. The minimum Gasteiger partial charge on any atom is -0.354 e. The molecule has 0 radical (unpaired) electrons. The predicted octanol–water partition coefficient (Wildman–Crippen LogP) is 0.970. The normalized spacial score (nSPS) is 15.1. The molecule has 118 valence electrons. The Morgan fingerprint density at radius 1 is 1.30 bits per heavy atom. The summed E-state index contributed by atoms with van der Waals surface area (Å²) in [6, 6.07) is 5.29. The molecule has 0 saturated carbocycles. The fourth-order valence-corrected chi connectivity index (χ4v) is 3.14. The van der Waals surface area contributed by atoms with Crippen LogP contribution < -0.4 is 10.5 Å². The van der Waals surface area contributed by atoms with Crippen molar-refractivity contribution >= 4 is 16.9 Å². The van der Waals surface area contributed by atoms with Crippen molar-refractivity contribution in [1.29, 1.82) is 0 Å². The summed E-state index contributed by atoms with van der Waals surface area (Å²) in [5, 5.41) is 4.12. The lowest BCUT2D eigenvalue weighted by molar-refractivity contribution is 0.333. The Balaban J connectivity index is 1.54. The first-order chi connectivity index (χ1) is 11.1. The van der Waals surface area contributed by atoms with Gasteiger partial charge in [-0.25, -0.2) is 14.6 Å². The second kappa shape index (κ2) is 5.19. The maximum Gasteiger partial charge on any atom is 0.266 e. The molecule has 1 fully saturated rings. The van der Waals surface area contributed by atoms with Crippen LogP contribution in [0.5, 0.6) is 0 Å². The van der Waals surface area contributed by atoms with E-state index in [4.69, 9.17) is 0 Å². The topological polar surface area (TPSA) is 68.8 Å². The van der Waals surface area contributed by atoms with Crippen molar-refractivity contribution in [3.8, 4) is 0 Å². The fourth-order valence-electron chi connectivity index (χ4n) is 3.14. The Hall–Kier alpha value is -2.70. The smallest absolute Gasteiger partial charge is 0.266 e. The third-order valence-corrected chi connectivity index (χ3v) is 4.51. The standard InChI is InChI=1S/C16H18N6O/c1-11-6-13-15(20(11)2)16(18-10-17-13)21-7-12(8-21)9-22-14(23)4-3-5-19-22/h3-6,10,12H,7-9H2,1-2H3. The van der Waals surface area contributed by atoms with E-state index in [2.05, 4.69) is 37.5 Å². The van der Waals surface area contributed by atoms with E-state index in [0.717, 1.165) is 29.9 Å². The van der Waals surface area contributed by atoms with Crippen LogP contribution in [0.2, 0.25) is 0 Å². The molecular weight excluding hydrogens is 292 g/mol. The molecule has 7 heteroatoms. The number of nitrogens with zero attached hydrogens (tertiary/aromatic N) is 6. The highest BCUT2D eigenvalue weighted by atomic mass is 16.1. The van der Waals surface area contributed by atoms with Crippen molar-refractivity contribution in [3.05, 3.63) is 46.8 Å². The SMILES string of the molecule is Cc1cc2ncnc(N3CC(Cn4ncccc4=O)C3)c2n1C. The fraction of sp³-hybridized carbons (Fsp3) is 0.375. The lowest BCUT2D eigenvalue weighted by Crippen LogP contribution is -2.50. The summed E-state index contributed by atoms with van der Waals surface area (Å²) in [4.78, 5) is 22.8. The van der Waals surface area contributed by atoms with E-state index >= 15 is 0 Å². The molecule has 3 aromatic heterocycles. The molecule has 0 bridgehead atoms. The zero-order valence-electron chi connectivity index (χ0n) is 13.2. The third-order valence-electron chi connectivity index (χ3n) is 4.51. The molecule has 7 nitrogen and oxygen atoms in total. The molecule has 23 heavy (non-hydrogen) atoms. The molecule has 0 N–H and O–H groups in total. The maximum atomic E-state index is 11.7. The van der Waals surface area contributed by atoms with Gasteiger partial charge in [0.2, 0.25) is 0 Å². The zero-order valence-corrected chi connectivity index (χ0v) is 13.2. The summed E-state index contributed by atoms with van der Waals surface area (Å²) in [5.41, 5.74) is 3.16. The minimum absolute atomic E-state index is 0.0477. The Bertz CT molecular complexity index is 922. The number of hydrogen-bond acceptors (Lipinski definition) is 5. The third kappa shape index (κ3) is 2.28. The van der Waals surface area contributed by atoms with Gasteiger partial charge in [-0.15, -0.1) is 0 Å². The van der Waals surface area contributed by atoms with Crippen LogP contribution in [0.4, 0.5) is 5.82 Å². The monoisotopic (exact) mass is 310 g/mol. The Morgan fingerprint density at radius 2 is 2.13 bits per heavy atom. The van der Waals surface area contributed by atoms with Crippen molar-refractivity contribution in [2.24, 2.45) is 13.0 Å². The molecule has 0 aliphatic carbocycles. The number of aryl methyl sites for hydroxylation is 2.